The van der Waals surface area contributed by atoms with Crippen LogP contribution < -0.4 is 10.2 Å². The van der Waals surface area contributed by atoms with Crippen LogP contribution in [-0.2, 0) is 0 Å². The summed E-state index contributed by atoms with van der Waals surface area (Å²) < 4.78 is 1.02. The van der Waals surface area contributed by atoms with Crippen molar-refractivity contribution in [2.24, 2.45) is 0 Å². The third-order valence-corrected chi connectivity index (χ3v) is 4.61. The van der Waals surface area contributed by atoms with Crippen molar-refractivity contribution in [3.05, 3.63) is 34.6 Å². The van der Waals surface area contributed by atoms with Crippen LogP contribution in [0.5, 0.6) is 0 Å². The molecule has 1 unspecified atom stereocenters. The maximum atomic E-state index is 4.81. The Labute approximate surface area is 140 Å². The molecule has 0 aliphatic carbocycles. The molecule has 2 aliphatic rings. The predicted molar refractivity (Wildman–Crippen MR) is 95.5 cm³/mol. The van der Waals surface area contributed by atoms with E-state index in [1.54, 1.807) is 0 Å². The number of aromatic nitrogens is 2. The summed E-state index contributed by atoms with van der Waals surface area (Å²) in [7, 11) is 0. The van der Waals surface area contributed by atoms with E-state index in [1.165, 1.54) is 12.1 Å². The molecule has 1 saturated heterocycles. The lowest BCUT2D eigenvalue weighted by molar-refractivity contribution is 0.788. The molecule has 1 atom stereocenters. The molecule has 1 N–H and O–H groups in total. The SMILES string of the molecule is CC.Cc1ccc(-c2nc3c(cc2Br)N2CCC(C2)N3)cn1. The van der Waals surface area contributed by atoms with Crippen molar-refractivity contribution >= 4 is 27.4 Å². The minimum atomic E-state index is 0.542. The molecule has 0 spiro atoms. The molecular formula is C17H21BrN4. The van der Waals surface area contributed by atoms with Crippen LogP contribution in [0.4, 0.5) is 11.5 Å². The van der Waals surface area contributed by atoms with Crippen molar-refractivity contribution in [3.63, 3.8) is 0 Å². The van der Waals surface area contributed by atoms with Crippen LogP contribution in [0, 0.1) is 6.92 Å². The van der Waals surface area contributed by atoms with Gasteiger partial charge in [0.25, 0.3) is 0 Å². The Morgan fingerprint density at radius 2 is 2.14 bits per heavy atom. The minimum Gasteiger partial charge on any atom is -0.366 e. The van der Waals surface area contributed by atoms with Crippen LogP contribution in [-0.4, -0.2) is 29.1 Å². The number of aryl methyl sites for hydroxylation is 1. The summed E-state index contributed by atoms with van der Waals surface area (Å²) in [5.74, 6) is 0.998. The third-order valence-electron chi connectivity index (χ3n) is 4.01. The predicted octanol–water partition coefficient (Wildman–Crippen LogP) is 4.24. The number of anilines is 2. The number of pyridine rings is 2. The van der Waals surface area contributed by atoms with Crippen molar-refractivity contribution in [2.45, 2.75) is 33.2 Å². The summed E-state index contributed by atoms with van der Waals surface area (Å²) in [5.41, 5.74) is 4.21. The molecule has 4 heterocycles. The largest absolute Gasteiger partial charge is 0.366 e. The molecule has 4 nitrogen and oxygen atoms in total. The van der Waals surface area contributed by atoms with Crippen molar-refractivity contribution in [2.75, 3.05) is 23.3 Å². The normalized spacial score (nSPS) is 18.2. The van der Waals surface area contributed by atoms with Gasteiger partial charge in [-0.15, -0.1) is 0 Å². The molecule has 2 aromatic rings. The summed E-state index contributed by atoms with van der Waals surface area (Å²) >= 11 is 3.66. The average molecular weight is 361 g/mol. The van der Waals surface area contributed by atoms with E-state index in [1.807, 2.05) is 33.0 Å². The molecule has 0 saturated carbocycles. The number of fused-ring (bicyclic) bond motifs is 4. The van der Waals surface area contributed by atoms with Crippen molar-refractivity contribution < 1.29 is 0 Å². The number of hydrogen-bond donors (Lipinski definition) is 1. The van der Waals surface area contributed by atoms with E-state index in [2.05, 4.69) is 43.3 Å². The van der Waals surface area contributed by atoms with Crippen LogP contribution >= 0.6 is 15.9 Å². The third kappa shape index (κ3) is 2.70. The molecule has 2 aromatic heterocycles. The van der Waals surface area contributed by atoms with E-state index in [4.69, 9.17) is 4.98 Å². The van der Waals surface area contributed by atoms with Gasteiger partial charge in [-0.25, -0.2) is 4.98 Å². The highest BCUT2D eigenvalue weighted by molar-refractivity contribution is 9.10. The molecule has 116 valence electrons. The Morgan fingerprint density at radius 3 is 2.86 bits per heavy atom. The first-order valence-electron chi connectivity index (χ1n) is 7.86. The molecule has 4 rings (SSSR count). The molecule has 0 radical (unpaired) electrons. The van der Waals surface area contributed by atoms with E-state index in [9.17, 15) is 0 Å². The molecule has 0 amide bonds. The number of nitrogens with zero attached hydrogens (tertiary/aromatic N) is 3. The van der Waals surface area contributed by atoms with Crippen molar-refractivity contribution in [1.82, 2.24) is 9.97 Å². The van der Waals surface area contributed by atoms with Gasteiger partial charge in [0.15, 0.2) is 5.82 Å². The highest BCUT2D eigenvalue weighted by Crippen LogP contribution is 2.39. The van der Waals surface area contributed by atoms with Gasteiger partial charge in [0.1, 0.15) is 0 Å². The van der Waals surface area contributed by atoms with Crippen LogP contribution in [0.1, 0.15) is 26.0 Å². The Hall–Kier alpha value is -1.62. The van der Waals surface area contributed by atoms with Gasteiger partial charge in [0, 0.05) is 41.1 Å². The Morgan fingerprint density at radius 1 is 1.32 bits per heavy atom. The summed E-state index contributed by atoms with van der Waals surface area (Å²) in [6, 6.07) is 6.80. The summed E-state index contributed by atoms with van der Waals surface area (Å²) in [6.45, 7) is 8.20. The lowest BCUT2D eigenvalue weighted by atomic mass is 10.1. The maximum absolute atomic E-state index is 4.81. The second-order valence-corrected chi connectivity index (χ2v) is 6.31. The Bertz CT molecular complexity index is 669. The molecule has 0 aromatic carbocycles. The van der Waals surface area contributed by atoms with Crippen LogP contribution in [0.3, 0.4) is 0 Å². The first-order valence-corrected chi connectivity index (χ1v) is 8.65. The second kappa shape index (κ2) is 6.24. The standard InChI is InChI=1S/C15H15BrN4.C2H6/c1-9-2-3-10(7-17-9)14-12(16)6-13-15(19-14)18-11-4-5-20(13)8-11;1-2/h2-3,6-7,11H,4-5,8H2,1H3,(H,18,19);1-2H3. The van der Waals surface area contributed by atoms with E-state index in [0.717, 1.165) is 40.3 Å². The lowest BCUT2D eigenvalue weighted by Gasteiger charge is -2.28. The highest BCUT2D eigenvalue weighted by atomic mass is 79.9. The zero-order valence-corrected chi connectivity index (χ0v) is 14.8. The molecule has 5 heteroatoms. The summed E-state index contributed by atoms with van der Waals surface area (Å²) in [5, 5.41) is 3.54. The van der Waals surface area contributed by atoms with Gasteiger partial charge < -0.3 is 10.2 Å². The fraction of sp³-hybridized carbons (Fsp3) is 0.412. The van der Waals surface area contributed by atoms with Gasteiger partial charge in [-0.05, 0) is 47.5 Å². The highest BCUT2D eigenvalue weighted by Gasteiger charge is 2.31. The fourth-order valence-electron chi connectivity index (χ4n) is 2.93. The number of rotatable bonds is 1. The number of nitrogens with one attached hydrogen (secondary N) is 1. The Balaban J connectivity index is 0.000000693. The van der Waals surface area contributed by atoms with Crippen LogP contribution in [0.2, 0.25) is 0 Å². The molecule has 2 aliphatic heterocycles. The first-order chi connectivity index (χ1) is 10.7. The van der Waals surface area contributed by atoms with Gasteiger partial charge in [0.2, 0.25) is 0 Å². The van der Waals surface area contributed by atoms with E-state index in [-0.39, 0.29) is 0 Å². The quantitative estimate of drug-likeness (QED) is 0.825. The van der Waals surface area contributed by atoms with E-state index in [0.29, 0.717) is 6.04 Å². The van der Waals surface area contributed by atoms with E-state index >= 15 is 0 Å². The van der Waals surface area contributed by atoms with Gasteiger partial charge >= 0.3 is 0 Å². The zero-order chi connectivity index (χ0) is 15.7. The van der Waals surface area contributed by atoms with E-state index < -0.39 is 0 Å². The monoisotopic (exact) mass is 360 g/mol. The smallest absolute Gasteiger partial charge is 0.150 e. The Kier molecular flexibility index (Phi) is 4.34. The first kappa shape index (κ1) is 15.3. The zero-order valence-electron chi connectivity index (χ0n) is 13.2. The lowest BCUT2D eigenvalue weighted by Crippen LogP contribution is -2.32. The van der Waals surface area contributed by atoms with Gasteiger partial charge in [-0.2, -0.15) is 0 Å². The van der Waals surface area contributed by atoms with Crippen molar-refractivity contribution in [3.8, 4) is 11.3 Å². The average Bonchev–Trinajstić information content (AvgIpc) is 2.94. The number of halogens is 1. The fourth-order valence-corrected chi connectivity index (χ4v) is 3.46. The van der Waals surface area contributed by atoms with Crippen LogP contribution in [0.15, 0.2) is 28.9 Å². The molecule has 22 heavy (non-hydrogen) atoms. The maximum Gasteiger partial charge on any atom is 0.150 e. The van der Waals surface area contributed by atoms with Gasteiger partial charge in [-0.1, -0.05) is 13.8 Å². The minimum absolute atomic E-state index is 0.542. The van der Waals surface area contributed by atoms with Gasteiger partial charge in [0.05, 0.1) is 11.4 Å². The molecule has 2 bridgehead atoms. The van der Waals surface area contributed by atoms with Gasteiger partial charge in [-0.3, -0.25) is 4.98 Å². The van der Waals surface area contributed by atoms with Crippen LogP contribution in [0.25, 0.3) is 11.3 Å². The summed E-state index contributed by atoms with van der Waals surface area (Å²) in [6.07, 6.45) is 3.07. The molecule has 1 fully saturated rings. The topological polar surface area (TPSA) is 41.1 Å². The summed E-state index contributed by atoms with van der Waals surface area (Å²) in [4.78, 5) is 11.6. The van der Waals surface area contributed by atoms with Crippen molar-refractivity contribution in [1.29, 1.82) is 0 Å². The number of hydrogen-bond acceptors (Lipinski definition) is 4. The molecular weight excluding hydrogens is 340 g/mol. The second-order valence-electron chi connectivity index (χ2n) is 5.45.